The topological polar surface area (TPSA) is 49.8 Å². The molecule has 11 heavy (non-hydrogen) atoms. The van der Waals surface area contributed by atoms with Gasteiger partial charge in [0.2, 0.25) is 0 Å². The zero-order valence-corrected chi connectivity index (χ0v) is 7.00. The molecular formula is C7H13NO3. The van der Waals surface area contributed by atoms with Crippen LogP contribution in [0.5, 0.6) is 0 Å². The molecule has 0 aliphatic carbocycles. The molecule has 0 spiro atoms. The molecule has 0 saturated heterocycles. The molecule has 0 unspecified atom stereocenters. The molecule has 64 valence electrons. The molecule has 0 bridgehead atoms. The monoisotopic (exact) mass is 159 g/mol. The highest BCUT2D eigenvalue weighted by atomic mass is 16.5. The minimum atomic E-state index is -0.514. The van der Waals surface area contributed by atoms with Gasteiger partial charge in [0, 0.05) is 14.1 Å². The summed E-state index contributed by atoms with van der Waals surface area (Å²) in [4.78, 5) is 12.4. The first-order valence-electron chi connectivity index (χ1n) is 3.32. The van der Waals surface area contributed by atoms with Gasteiger partial charge >= 0.3 is 5.97 Å². The molecule has 0 saturated carbocycles. The van der Waals surface area contributed by atoms with Crippen molar-refractivity contribution in [3.8, 4) is 0 Å². The van der Waals surface area contributed by atoms with E-state index < -0.39 is 5.97 Å². The predicted octanol–water partition coefficient (Wildman–Crippen LogP) is 0.511. The Morgan fingerprint density at radius 2 is 2.18 bits per heavy atom. The van der Waals surface area contributed by atoms with E-state index in [4.69, 9.17) is 5.11 Å². The molecule has 0 atom stereocenters. The first-order chi connectivity index (χ1) is 5.13. The summed E-state index contributed by atoms with van der Waals surface area (Å²) in [6, 6.07) is 0. The maximum atomic E-state index is 10.9. The molecule has 0 heterocycles. The second-order valence-electron chi connectivity index (χ2n) is 2.13. The number of hydrogen-bond acceptors (Lipinski definition) is 4. The number of aliphatic hydroxyl groups is 1. The molecule has 1 N–H and O–H groups in total. The van der Waals surface area contributed by atoms with Crippen molar-refractivity contribution >= 4 is 5.97 Å². The predicted molar refractivity (Wildman–Crippen MR) is 41.0 cm³/mol. The lowest BCUT2D eigenvalue weighted by Gasteiger charge is -2.13. The van der Waals surface area contributed by atoms with Crippen LogP contribution in [0.2, 0.25) is 0 Å². The van der Waals surface area contributed by atoms with E-state index >= 15 is 0 Å². The second kappa shape index (κ2) is 4.60. The van der Waals surface area contributed by atoms with Gasteiger partial charge in [-0.15, -0.1) is 0 Å². The van der Waals surface area contributed by atoms with Crippen molar-refractivity contribution in [1.82, 2.24) is 4.90 Å². The van der Waals surface area contributed by atoms with Gasteiger partial charge in [-0.05, 0) is 6.92 Å². The van der Waals surface area contributed by atoms with E-state index in [-0.39, 0.29) is 5.70 Å². The van der Waals surface area contributed by atoms with Gasteiger partial charge in [0.25, 0.3) is 0 Å². The lowest BCUT2D eigenvalue weighted by Crippen LogP contribution is -2.21. The number of likely N-dealkylation sites (N-methyl/N-ethyl adjacent to an activating group) is 1. The van der Waals surface area contributed by atoms with Crippen molar-refractivity contribution in [2.45, 2.75) is 6.92 Å². The third kappa shape index (κ3) is 2.93. The van der Waals surface area contributed by atoms with Gasteiger partial charge in [0.15, 0.2) is 5.70 Å². The highest BCUT2D eigenvalue weighted by Gasteiger charge is 2.11. The third-order valence-electron chi connectivity index (χ3n) is 1.09. The van der Waals surface area contributed by atoms with Crippen molar-refractivity contribution in [2.75, 3.05) is 20.7 Å². The Kier molecular flexibility index (Phi) is 4.10. The van der Waals surface area contributed by atoms with Gasteiger partial charge in [0.05, 0.1) is 6.61 Å². The van der Waals surface area contributed by atoms with Gasteiger partial charge in [-0.25, -0.2) is 4.79 Å². The van der Waals surface area contributed by atoms with Crippen LogP contribution in [0.15, 0.2) is 12.0 Å². The summed E-state index contributed by atoms with van der Waals surface area (Å²) < 4.78 is 4.65. The largest absolute Gasteiger partial charge is 0.513 e. The van der Waals surface area contributed by atoms with E-state index in [1.165, 1.54) is 4.90 Å². The highest BCUT2D eigenvalue weighted by Crippen LogP contribution is 1.99. The van der Waals surface area contributed by atoms with Crippen molar-refractivity contribution in [3.05, 3.63) is 12.0 Å². The molecule has 0 rings (SSSR count). The first kappa shape index (κ1) is 9.81. The summed E-state index contributed by atoms with van der Waals surface area (Å²) in [5.74, 6) is -0.514. The molecule has 0 aromatic carbocycles. The van der Waals surface area contributed by atoms with Crippen LogP contribution in [0, 0.1) is 0 Å². The molecule has 0 aromatic heterocycles. The number of esters is 1. The van der Waals surface area contributed by atoms with E-state index in [1.54, 1.807) is 21.0 Å². The summed E-state index contributed by atoms with van der Waals surface area (Å²) >= 11 is 0. The summed E-state index contributed by atoms with van der Waals surface area (Å²) in [5.41, 5.74) is 0.145. The zero-order valence-electron chi connectivity index (χ0n) is 7.00. The van der Waals surface area contributed by atoms with Crippen LogP contribution in [-0.2, 0) is 9.53 Å². The van der Waals surface area contributed by atoms with Gasteiger partial charge in [-0.1, -0.05) is 0 Å². The molecule has 0 fully saturated rings. The quantitative estimate of drug-likeness (QED) is 0.370. The normalized spacial score (nSPS) is 11.0. The van der Waals surface area contributed by atoms with Crippen molar-refractivity contribution < 1.29 is 14.6 Å². The van der Waals surface area contributed by atoms with Crippen LogP contribution < -0.4 is 0 Å². The maximum absolute atomic E-state index is 10.9. The van der Waals surface area contributed by atoms with Gasteiger partial charge in [-0.3, -0.25) is 0 Å². The Labute approximate surface area is 66.1 Å². The Balaban J connectivity index is 4.17. The summed E-state index contributed by atoms with van der Waals surface area (Å²) in [6.45, 7) is 2.02. The lowest BCUT2D eigenvalue weighted by molar-refractivity contribution is -0.140. The average Bonchev–Trinajstić information content (AvgIpc) is 1.88. The molecule has 0 aliphatic heterocycles. The highest BCUT2D eigenvalue weighted by molar-refractivity contribution is 5.87. The van der Waals surface area contributed by atoms with Crippen LogP contribution >= 0.6 is 0 Å². The minimum absolute atomic E-state index is 0.145. The number of aliphatic hydroxyl groups excluding tert-OH is 1. The number of hydrogen-bond donors (Lipinski definition) is 1. The van der Waals surface area contributed by atoms with Crippen LogP contribution in [0.1, 0.15) is 6.92 Å². The number of nitrogens with zero attached hydrogens (tertiary/aromatic N) is 1. The lowest BCUT2D eigenvalue weighted by atomic mass is 10.4. The summed E-state index contributed by atoms with van der Waals surface area (Å²) in [7, 11) is 3.30. The molecule has 0 aromatic rings. The molecule has 0 amide bonds. The Bertz CT molecular complexity index is 163. The van der Waals surface area contributed by atoms with Crippen LogP contribution in [-0.4, -0.2) is 36.7 Å². The third-order valence-corrected chi connectivity index (χ3v) is 1.09. The van der Waals surface area contributed by atoms with Crippen LogP contribution in [0.4, 0.5) is 0 Å². The Morgan fingerprint density at radius 1 is 1.64 bits per heavy atom. The summed E-state index contributed by atoms with van der Waals surface area (Å²) in [6.07, 6.45) is 0.734. The second-order valence-corrected chi connectivity index (χ2v) is 2.13. The fraction of sp³-hybridized carbons (Fsp3) is 0.571. The number of rotatable bonds is 3. The van der Waals surface area contributed by atoms with Crippen molar-refractivity contribution in [3.63, 3.8) is 0 Å². The average molecular weight is 159 g/mol. The Hall–Kier alpha value is -1.19. The molecule has 4 heteroatoms. The number of carbonyl (C=O) groups excluding carboxylic acids is 1. The van der Waals surface area contributed by atoms with Gasteiger partial charge in [0.1, 0.15) is 6.26 Å². The fourth-order valence-corrected chi connectivity index (χ4v) is 0.556. The van der Waals surface area contributed by atoms with E-state index in [9.17, 15) is 4.79 Å². The van der Waals surface area contributed by atoms with Crippen LogP contribution in [0.25, 0.3) is 0 Å². The SMILES string of the molecule is CCOC(=O)C(=CO)N(C)C. The zero-order chi connectivity index (χ0) is 8.85. The number of ether oxygens (including phenoxy) is 1. The smallest absolute Gasteiger partial charge is 0.357 e. The first-order valence-corrected chi connectivity index (χ1v) is 3.32. The van der Waals surface area contributed by atoms with E-state index in [0.717, 1.165) is 6.26 Å². The van der Waals surface area contributed by atoms with Crippen LogP contribution in [0.3, 0.4) is 0 Å². The van der Waals surface area contributed by atoms with E-state index in [1.807, 2.05) is 0 Å². The standard InChI is InChI=1S/C7H13NO3/c1-4-11-7(10)6(5-9)8(2)3/h5,9H,4H2,1-3H3. The molecule has 0 aliphatic rings. The maximum Gasteiger partial charge on any atom is 0.357 e. The Morgan fingerprint density at radius 3 is 2.45 bits per heavy atom. The summed E-state index contributed by atoms with van der Waals surface area (Å²) in [5, 5.41) is 8.59. The molecular weight excluding hydrogens is 146 g/mol. The minimum Gasteiger partial charge on any atom is -0.513 e. The van der Waals surface area contributed by atoms with Crippen molar-refractivity contribution in [2.24, 2.45) is 0 Å². The number of carbonyl (C=O) groups is 1. The van der Waals surface area contributed by atoms with Gasteiger partial charge in [-0.2, -0.15) is 0 Å². The van der Waals surface area contributed by atoms with Gasteiger partial charge < -0.3 is 14.7 Å². The van der Waals surface area contributed by atoms with E-state index in [2.05, 4.69) is 4.74 Å². The molecule has 4 nitrogen and oxygen atoms in total. The van der Waals surface area contributed by atoms with Crippen molar-refractivity contribution in [1.29, 1.82) is 0 Å². The fourth-order valence-electron chi connectivity index (χ4n) is 0.556. The molecule has 0 radical (unpaired) electrons. The van der Waals surface area contributed by atoms with E-state index in [0.29, 0.717) is 6.61 Å².